The summed E-state index contributed by atoms with van der Waals surface area (Å²) in [6.07, 6.45) is 2.76. The minimum atomic E-state index is 0.596. The number of nitrogens with zero attached hydrogens (tertiary/aromatic N) is 1. The molecule has 2 fully saturated rings. The predicted molar refractivity (Wildman–Crippen MR) is 51.2 cm³/mol. The molecule has 12 heavy (non-hydrogen) atoms. The van der Waals surface area contributed by atoms with Crippen LogP contribution in [0.2, 0.25) is 0 Å². The summed E-state index contributed by atoms with van der Waals surface area (Å²) in [5, 5.41) is 3.54. The lowest BCUT2D eigenvalue weighted by Crippen LogP contribution is -2.55. The van der Waals surface area contributed by atoms with Gasteiger partial charge in [-0.2, -0.15) is 0 Å². The highest BCUT2D eigenvalue weighted by molar-refractivity contribution is 4.90. The van der Waals surface area contributed by atoms with Crippen LogP contribution in [0.5, 0.6) is 0 Å². The van der Waals surface area contributed by atoms with E-state index in [4.69, 9.17) is 0 Å². The average molecular weight is 168 g/mol. The summed E-state index contributed by atoms with van der Waals surface area (Å²) in [6.45, 7) is 9.82. The first-order valence-corrected chi connectivity index (χ1v) is 5.11. The number of nitrogens with one attached hydrogen (secondary N) is 1. The minimum absolute atomic E-state index is 0.596. The van der Waals surface area contributed by atoms with Crippen LogP contribution in [0.3, 0.4) is 0 Å². The van der Waals surface area contributed by atoms with Gasteiger partial charge < -0.3 is 10.2 Å². The summed E-state index contributed by atoms with van der Waals surface area (Å²) in [5.41, 5.74) is 0.596. The zero-order valence-corrected chi connectivity index (χ0v) is 8.27. The molecule has 0 aromatic rings. The molecule has 1 N–H and O–H groups in total. The minimum Gasteiger partial charge on any atom is -0.313 e. The fourth-order valence-electron chi connectivity index (χ4n) is 2.52. The van der Waals surface area contributed by atoms with Crippen LogP contribution in [0, 0.1) is 5.41 Å². The third kappa shape index (κ3) is 1.80. The van der Waals surface area contributed by atoms with Crippen molar-refractivity contribution in [2.45, 2.75) is 32.7 Å². The van der Waals surface area contributed by atoms with Crippen molar-refractivity contribution in [1.82, 2.24) is 10.2 Å². The van der Waals surface area contributed by atoms with Gasteiger partial charge in [-0.1, -0.05) is 13.8 Å². The molecule has 2 aliphatic heterocycles. The standard InChI is InChI=1S/C10H20N2/c1-10(2)7-12(8-10)6-9-4-3-5-11-9/h9,11H,3-8H2,1-2H3. The first-order chi connectivity index (χ1) is 5.66. The van der Waals surface area contributed by atoms with Crippen LogP contribution in [0.1, 0.15) is 26.7 Å². The molecule has 2 heterocycles. The van der Waals surface area contributed by atoms with E-state index in [1.165, 1.54) is 39.0 Å². The highest BCUT2D eigenvalue weighted by Crippen LogP contribution is 2.28. The molecule has 2 aliphatic rings. The highest BCUT2D eigenvalue weighted by atomic mass is 15.2. The third-order valence-corrected chi connectivity index (χ3v) is 2.94. The SMILES string of the molecule is CC1(C)CN(CC2CCCN2)C1. The molecule has 2 rings (SSSR count). The topological polar surface area (TPSA) is 15.3 Å². The van der Waals surface area contributed by atoms with Crippen LogP contribution in [0.25, 0.3) is 0 Å². The Labute approximate surface area is 75.3 Å². The zero-order valence-electron chi connectivity index (χ0n) is 8.27. The maximum atomic E-state index is 3.54. The Kier molecular flexibility index (Phi) is 2.13. The second-order valence-electron chi connectivity index (χ2n) is 5.13. The van der Waals surface area contributed by atoms with Gasteiger partial charge in [0.15, 0.2) is 0 Å². The normalized spacial score (nSPS) is 35.0. The molecule has 1 atom stereocenters. The summed E-state index contributed by atoms with van der Waals surface area (Å²) < 4.78 is 0. The van der Waals surface area contributed by atoms with Gasteiger partial charge >= 0.3 is 0 Å². The highest BCUT2D eigenvalue weighted by Gasteiger charge is 2.35. The van der Waals surface area contributed by atoms with Crippen molar-refractivity contribution in [2.24, 2.45) is 5.41 Å². The molecule has 1 unspecified atom stereocenters. The molecule has 0 spiro atoms. The Morgan fingerprint density at radius 1 is 1.42 bits per heavy atom. The maximum Gasteiger partial charge on any atom is 0.0195 e. The first-order valence-electron chi connectivity index (χ1n) is 5.11. The maximum absolute atomic E-state index is 3.54. The molecule has 0 bridgehead atoms. The van der Waals surface area contributed by atoms with E-state index in [9.17, 15) is 0 Å². The summed E-state index contributed by atoms with van der Waals surface area (Å²) >= 11 is 0. The van der Waals surface area contributed by atoms with Crippen molar-refractivity contribution in [3.63, 3.8) is 0 Å². The molecule has 0 aromatic carbocycles. The largest absolute Gasteiger partial charge is 0.313 e. The lowest BCUT2D eigenvalue weighted by Gasteiger charge is -2.46. The van der Waals surface area contributed by atoms with Crippen molar-refractivity contribution in [1.29, 1.82) is 0 Å². The van der Waals surface area contributed by atoms with Crippen LogP contribution in [-0.4, -0.2) is 37.1 Å². The van der Waals surface area contributed by atoms with E-state index in [1.807, 2.05) is 0 Å². The smallest absolute Gasteiger partial charge is 0.0195 e. The van der Waals surface area contributed by atoms with Crippen molar-refractivity contribution >= 4 is 0 Å². The molecule has 2 heteroatoms. The van der Waals surface area contributed by atoms with Gasteiger partial charge in [-0.25, -0.2) is 0 Å². The van der Waals surface area contributed by atoms with Crippen molar-refractivity contribution in [3.05, 3.63) is 0 Å². The van der Waals surface area contributed by atoms with E-state index in [1.54, 1.807) is 0 Å². The molecular formula is C10H20N2. The Hall–Kier alpha value is -0.0800. The Bertz CT molecular complexity index is 151. The van der Waals surface area contributed by atoms with Gasteiger partial charge in [0.2, 0.25) is 0 Å². The quantitative estimate of drug-likeness (QED) is 0.664. The fraction of sp³-hybridized carbons (Fsp3) is 1.00. The van der Waals surface area contributed by atoms with Gasteiger partial charge in [-0.05, 0) is 24.8 Å². The lowest BCUT2D eigenvalue weighted by atomic mass is 9.84. The zero-order chi connectivity index (χ0) is 8.60. The molecule has 70 valence electrons. The van der Waals surface area contributed by atoms with Gasteiger partial charge in [0.1, 0.15) is 0 Å². The number of likely N-dealkylation sites (tertiary alicyclic amines) is 1. The molecule has 0 radical (unpaired) electrons. The number of rotatable bonds is 2. The van der Waals surface area contributed by atoms with E-state index in [0.717, 1.165) is 6.04 Å². The molecule has 0 amide bonds. The van der Waals surface area contributed by atoms with Gasteiger partial charge in [0, 0.05) is 25.7 Å². The van der Waals surface area contributed by atoms with Crippen molar-refractivity contribution in [3.8, 4) is 0 Å². The molecule has 2 nitrogen and oxygen atoms in total. The molecule has 0 aliphatic carbocycles. The van der Waals surface area contributed by atoms with E-state index in [0.29, 0.717) is 5.41 Å². The van der Waals surface area contributed by atoms with Crippen LogP contribution < -0.4 is 5.32 Å². The molecular weight excluding hydrogens is 148 g/mol. The molecule has 0 saturated carbocycles. The predicted octanol–water partition coefficient (Wildman–Crippen LogP) is 1.08. The van der Waals surface area contributed by atoms with Crippen molar-refractivity contribution in [2.75, 3.05) is 26.2 Å². The van der Waals surface area contributed by atoms with Gasteiger partial charge in [0.05, 0.1) is 0 Å². The van der Waals surface area contributed by atoms with Crippen LogP contribution in [0.4, 0.5) is 0 Å². The van der Waals surface area contributed by atoms with Gasteiger partial charge in [-0.3, -0.25) is 0 Å². The summed E-state index contributed by atoms with van der Waals surface area (Å²) in [6, 6.07) is 0.793. The Morgan fingerprint density at radius 3 is 2.67 bits per heavy atom. The Morgan fingerprint density at radius 2 is 2.17 bits per heavy atom. The van der Waals surface area contributed by atoms with Crippen LogP contribution >= 0.6 is 0 Å². The number of hydrogen-bond acceptors (Lipinski definition) is 2. The summed E-state index contributed by atoms with van der Waals surface area (Å²) in [5.74, 6) is 0. The van der Waals surface area contributed by atoms with E-state index in [2.05, 4.69) is 24.1 Å². The lowest BCUT2D eigenvalue weighted by molar-refractivity contribution is 0.0250. The molecule has 2 saturated heterocycles. The van der Waals surface area contributed by atoms with Gasteiger partial charge in [-0.15, -0.1) is 0 Å². The Balaban J connectivity index is 1.69. The average Bonchev–Trinajstić information content (AvgIpc) is 2.35. The van der Waals surface area contributed by atoms with E-state index in [-0.39, 0.29) is 0 Å². The van der Waals surface area contributed by atoms with E-state index < -0.39 is 0 Å². The second kappa shape index (κ2) is 3.00. The van der Waals surface area contributed by atoms with Crippen LogP contribution in [0.15, 0.2) is 0 Å². The monoisotopic (exact) mass is 168 g/mol. The van der Waals surface area contributed by atoms with Crippen LogP contribution in [-0.2, 0) is 0 Å². The van der Waals surface area contributed by atoms with Gasteiger partial charge in [0.25, 0.3) is 0 Å². The fourth-order valence-corrected chi connectivity index (χ4v) is 2.52. The second-order valence-corrected chi connectivity index (χ2v) is 5.13. The van der Waals surface area contributed by atoms with Crippen molar-refractivity contribution < 1.29 is 0 Å². The third-order valence-electron chi connectivity index (χ3n) is 2.94. The number of hydrogen-bond donors (Lipinski definition) is 1. The summed E-state index contributed by atoms with van der Waals surface area (Å²) in [7, 11) is 0. The molecule has 0 aromatic heterocycles. The van der Waals surface area contributed by atoms with E-state index >= 15 is 0 Å². The first kappa shape index (κ1) is 8.52. The summed E-state index contributed by atoms with van der Waals surface area (Å²) in [4.78, 5) is 2.57.